The number of hydrogen-bond acceptors (Lipinski definition) is 4. The molecule has 0 unspecified atom stereocenters. The molecule has 0 atom stereocenters. The van der Waals surface area contributed by atoms with Crippen LogP contribution in [0.1, 0.15) is 23.2 Å². The van der Waals surface area contributed by atoms with Crippen LogP contribution in [0.2, 0.25) is 0 Å². The predicted molar refractivity (Wildman–Crippen MR) is 86.2 cm³/mol. The Balaban J connectivity index is 1.46. The van der Waals surface area contributed by atoms with Gasteiger partial charge in [-0.25, -0.2) is 4.98 Å². The van der Waals surface area contributed by atoms with E-state index < -0.39 is 11.9 Å². The Hall–Kier alpha value is -2.64. The molecule has 4 rings (SSSR count). The van der Waals surface area contributed by atoms with Gasteiger partial charge < -0.3 is 5.32 Å². The molecule has 25 heavy (non-hydrogen) atoms. The second-order valence-corrected chi connectivity index (χ2v) is 6.25. The van der Waals surface area contributed by atoms with Crippen LogP contribution in [0.3, 0.4) is 0 Å². The summed E-state index contributed by atoms with van der Waals surface area (Å²) in [5, 5.41) is 7.00. The highest BCUT2D eigenvalue weighted by molar-refractivity contribution is 5.45. The molecule has 0 spiro atoms. The van der Waals surface area contributed by atoms with Crippen LogP contribution >= 0.6 is 0 Å². The van der Waals surface area contributed by atoms with Crippen LogP contribution in [0.5, 0.6) is 0 Å². The van der Waals surface area contributed by atoms with Crippen LogP contribution in [0, 0.1) is 5.92 Å². The average molecular weight is 347 g/mol. The molecule has 0 amide bonds. The van der Waals surface area contributed by atoms with Crippen LogP contribution < -0.4 is 5.32 Å². The molecule has 0 radical (unpaired) electrons. The molecule has 0 fully saturated rings. The van der Waals surface area contributed by atoms with Crippen molar-refractivity contribution in [3.8, 4) is 0 Å². The Kier molecular flexibility index (Phi) is 3.82. The summed E-state index contributed by atoms with van der Waals surface area (Å²) >= 11 is 0. The summed E-state index contributed by atoms with van der Waals surface area (Å²) in [6.45, 7) is 0.564. The zero-order chi connectivity index (χ0) is 17.4. The normalized spacial score (nSPS) is 14.8. The fourth-order valence-electron chi connectivity index (χ4n) is 3.34. The standard InChI is InChI=1S/C17H16F3N5/c18-17(19,20)14-9-15(25-16(24-14)22-10-23-25)21-6-5-11-7-12-3-1-2-4-13(12)8-11/h1-4,9-11,21H,5-8H2. The number of fused-ring (bicyclic) bond motifs is 2. The first-order valence-electron chi connectivity index (χ1n) is 8.09. The van der Waals surface area contributed by atoms with Crippen molar-refractivity contribution in [3.63, 3.8) is 0 Å². The molecule has 2 heterocycles. The molecule has 8 heteroatoms. The van der Waals surface area contributed by atoms with Crippen molar-refractivity contribution in [2.45, 2.75) is 25.4 Å². The molecule has 1 aromatic carbocycles. The Labute approximate surface area is 141 Å². The van der Waals surface area contributed by atoms with Crippen LogP contribution in [-0.4, -0.2) is 26.1 Å². The first-order valence-corrected chi connectivity index (χ1v) is 8.09. The molecule has 1 N–H and O–H groups in total. The lowest BCUT2D eigenvalue weighted by molar-refractivity contribution is -0.141. The molecule has 3 aromatic rings. The maximum atomic E-state index is 13.0. The molecule has 0 saturated heterocycles. The van der Waals surface area contributed by atoms with Crippen molar-refractivity contribution in [1.29, 1.82) is 0 Å². The number of rotatable bonds is 4. The van der Waals surface area contributed by atoms with E-state index in [4.69, 9.17) is 0 Å². The molecule has 0 saturated carbocycles. The van der Waals surface area contributed by atoms with Crippen molar-refractivity contribution in [2.24, 2.45) is 5.92 Å². The van der Waals surface area contributed by atoms with Gasteiger partial charge >= 0.3 is 6.18 Å². The second kappa shape index (κ2) is 6.02. The number of halogens is 3. The van der Waals surface area contributed by atoms with E-state index >= 15 is 0 Å². The van der Waals surface area contributed by atoms with Gasteiger partial charge in [0.15, 0.2) is 5.69 Å². The summed E-state index contributed by atoms with van der Waals surface area (Å²) < 4.78 is 40.2. The Morgan fingerprint density at radius 2 is 1.88 bits per heavy atom. The Morgan fingerprint density at radius 1 is 1.16 bits per heavy atom. The zero-order valence-corrected chi connectivity index (χ0v) is 13.3. The number of benzene rings is 1. The molecule has 1 aliphatic rings. The lowest BCUT2D eigenvalue weighted by Gasteiger charge is -2.13. The summed E-state index contributed by atoms with van der Waals surface area (Å²) in [6.07, 6.45) is -0.422. The molecular weight excluding hydrogens is 331 g/mol. The van der Waals surface area contributed by atoms with Gasteiger partial charge in [0.2, 0.25) is 0 Å². The van der Waals surface area contributed by atoms with Gasteiger partial charge in [-0.1, -0.05) is 24.3 Å². The SMILES string of the molecule is FC(F)(F)c1cc(NCCC2Cc3ccccc3C2)n2ncnc2n1. The van der Waals surface area contributed by atoms with Crippen LogP contribution in [0.15, 0.2) is 36.7 Å². The topological polar surface area (TPSA) is 55.1 Å². The van der Waals surface area contributed by atoms with E-state index in [2.05, 4.69) is 32.5 Å². The monoisotopic (exact) mass is 347 g/mol. The largest absolute Gasteiger partial charge is 0.433 e. The van der Waals surface area contributed by atoms with Crippen molar-refractivity contribution in [2.75, 3.05) is 11.9 Å². The fraction of sp³-hybridized carbons (Fsp3) is 0.353. The summed E-state index contributed by atoms with van der Waals surface area (Å²) in [7, 11) is 0. The van der Waals surface area contributed by atoms with Gasteiger partial charge in [-0.3, -0.25) is 0 Å². The molecule has 1 aliphatic carbocycles. The lowest BCUT2D eigenvalue weighted by Crippen LogP contribution is -2.15. The molecular formula is C17H16F3N5. The minimum Gasteiger partial charge on any atom is -0.370 e. The first kappa shape index (κ1) is 15.9. The quantitative estimate of drug-likeness (QED) is 0.786. The smallest absolute Gasteiger partial charge is 0.370 e. The number of nitrogens with one attached hydrogen (secondary N) is 1. The summed E-state index contributed by atoms with van der Waals surface area (Å²) in [6, 6.07) is 9.33. The van der Waals surface area contributed by atoms with Crippen LogP contribution in [-0.2, 0) is 19.0 Å². The van der Waals surface area contributed by atoms with E-state index in [1.165, 1.54) is 22.0 Å². The highest BCUT2D eigenvalue weighted by atomic mass is 19.4. The van der Waals surface area contributed by atoms with Gasteiger partial charge in [0.05, 0.1) is 0 Å². The van der Waals surface area contributed by atoms with Crippen LogP contribution in [0.25, 0.3) is 5.78 Å². The number of alkyl halides is 3. The van der Waals surface area contributed by atoms with Gasteiger partial charge in [0, 0.05) is 12.6 Å². The van der Waals surface area contributed by atoms with Crippen LogP contribution in [0.4, 0.5) is 19.0 Å². The third-order valence-corrected chi connectivity index (χ3v) is 4.54. The second-order valence-electron chi connectivity index (χ2n) is 6.25. The van der Waals surface area contributed by atoms with Gasteiger partial charge in [-0.2, -0.15) is 27.8 Å². The third kappa shape index (κ3) is 3.16. The maximum Gasteiger partial charge on any atom is 0.433 e. The molecule has 130 valence electrons. The van der Waals surface area contributed by atoms with Gasteiger partial charge in [0.25, 0.3) is 5.78 Å². The molecule has 5 nitrogen and oxygen atoms in total. The van der Waals surface area contributed by atoms with Crippen molar-refractivity contribution >= 4 is 11.6 Å². The number of hydrogen-bond donors (Lipinski definition) is 1. The van der Waals surface area contributed by atoms with E-state index in [-0.39, 0.29) is 11.6 Å². The first-order chi connectivity index (χ1) is 12.0. The molecule has 2 aromatic heterocycles. The minimum absolute atomic E-state index is 0.0643. The van der Waals surface area contributed by atoms with Gasteiger partial charge in [-0.05, 0) is 36.3 Å². The van der Waals surface area contributed by atoms with Gasteiger partial charge in [0.1, 0.15) is 12.1 Å². The van der Waals surface area contributed by atoms with Crippen molar-refractivity contribution in [3.05, 3.63) is 53.5 Å². The van der Waals surface area contributed by atoms with Gasteiger partial charge in [-0.15, -0.1) is 0 Å². The number of nitrogens with zero attached hydrogens (tertiary/aromatic N) is 4. The predicted octanol–water partition coefficient (Wildman–Crippen LogP) is 3.36. The van der Waals surface area contributed by atoms with E-state index in [9.17, 15) is 13.2 Å². The molecule has 0 bridgehead atoms. The number of anilines is 1. The number of aromatic nitrogens is 4. The lowest BCUT2D eigenvalue weighted by atomic mass is 10.0. The highest BCUT2D eigenvalue weighted by Gasteiger charge is 2.34. The summed E-state index contributed by atoms with van der Waals surface area (Å²) in [5.74, 6) is 0.691. The zero-order valence-electron chi connectivity index (χ0n) is 13.3. The Morgan fingerprint density at radius 3 is 2.56 bits per heavy atom. The Bertz CT molecular complexity index is 878. The third-order valence-electron chi connectivity index (χ3n) is 4.54. The van der Waals surface area contributed by atoms with Crippen molar-refractivity contribution in [1.82, 2.24) is 19.6 Å². The van der Waals surface area contributed by atoms with E-state index in [1.807, 2.05) is 12.1 Å². The van der Waals surface area contributed by atoms with E-state index in [0.29, 0.717) is 12.5 Å². The highest BCUT2D eigenvalue weighted by Crippen LogP contribution is 2.30. The molecule has 0 aliphatic heterocycles. The van der Waals surface area contributed by atoms with E-state index in [1.54, 1.807) is 0 Å². The summed E-state index contributed by atoms with van der Waals surface area (Å²) in [4.78, 5) is 7.27. The maximum absolute atomic E-state index is 13.0. The van der Waals surface area contributed by atoms with E-state index in [0.717, 1.165) is 25.3 Å². The minimum atomic E-state index is -4.52. The van der Waals surface area contributed by atoms with Crippen molar-refractivity contribution < 1.29 is 13.2 Å². The summed E-state index contributed by atoms with van der Waals surface area (Å²) in [5.41, 5.74) is 1.77. The fourth-order valence-corrected chi connectivity index (χ4v) is 3.34. The average Bonchev–Trinajstić information content (AvgIpc) is 3.19.